The van der Waals surface area contributed by atoms with Crippen molar-refractivity contribution in [3.05, 3.63) is 35.9 Å². The zero-order valence-corrected chi connectivity index (χ0v) is 11.7. The second-order valence-electron chi connectivity index (χ2n) is 5.60. The lowest BCUT2D eigenvalue weighted by Gasteiger charge is -2.20. The summed E-state index contributed by atoms with van der Waals surface area (Å²) in [6.45, 7) is 0. The molecule has 3 N–H and O–H groups in total. The molecule has 19 heavy (non-hydrogen) atoms. The molecule has 0 spiro atoms. The number of halogens is 1. The molecule has 3 rings (SSSR count). The summed E-state index contributed by atoms with van der Waals surface area (Å²) in [6.07, 6.45) is 5.06. The predicted molar refractivity (Wildman–Crippen MR) is 78.0 cm³/mol. The molecule has 1 amide bonds. The van der Waals surface area contributed by atoms with E-state index < -0.39 is 6.04 Å². The first-order valence-electron chi connectivity index (χ1n) is 6.86. The molecular weight excluding hydrogens is 260 g/mol. The lowest BCUT2D eigenvalue weighted by atomic mass is 10.0. The van der Waals surface area contributed by atoms with Crippen molar-refractivity contribution in [3.63, 3.8) is 0 Å². The number of hydrogen-bond donors (Lipinski definition) is 2. The van der Waals surface area contributed by atoms with Crippen molar-refractivity contribution >= 4 is 18.3 Å². The lowest BCUT2D eigenvalue weighted by Crippen LogP contribution is -2.43. The number of benzene rings is 1. The molecule has 0 heterocycles. The standard InChI is InChI=1S/C15H20N2O.ClH/c16-13(10-4-2-1-3-5-10)15(18)17-14(11-6-7-11)12-8-9-12;/h1-5,11-14H,6-9,16H2,(H,17,18);1H. The molecule has 0 saturated heterocycles. The summed E-state index contributed by atoms with van der Waals surface area (Å²) in [6, 6.07) is 9.44. The van der Waals surface area contributed by atoms with Crippen LogP contribution in [0.1, 0.15) is 37.3 Å². The Labute approximate surface area is 120 Å². The van der Waals surface area contributed by atoms with E-state index in [1.54, 1.807) is 0 Å². The maximum Gasteiger partial charge on any atom is 0.241 e. The van der Waals surface area contributed by atoms with Gasteiger partial charge in [0.05, 0.1) is 0 Å². The Kier molecular flexibility index (Phi) is 4.48. The van der Waals surface area contributed by atoms with Gasteiger partial charge in [-0.1, -0.05) is 30.3 Å². The molecule has 0 bridgehead atoms. The van der Waals surface area contributed by atoms with E-state index in [1.807, 2.05) is 30.3 Å². The normalized spacial score (nSPS) is 19.7. The van der Waals surface area contributed by atoms with Crippen LogP contribution in [0.2, 0.25) is 0 Å². The molecule has 0 aliphatic heterocycles. The van der Waals surface area contributed by atoms with E-state index in [9.17, 15) is 4.79 Å². The fourth-order valence-electron chi connectivity index (χ4n) is 2.60. The number of carbonyl (C=O) groups is 1. The van der Waals surface area contributed by atoms with Gasteiger partial charge in [-0.2, -0.15) is 0 Å². The van der Waals surface area contributed by atoms with Crippen LogP contribution in [0.4, 0.5) is 0 Å². The molecule has 0 aromatic heterocycles. The monoisotopic (exact) mass is 280 g/mol. The highest BCUT2D eigenvalue weighted by atomic mass is 35.5. The van der Waals surface area contributed by atoms with Crippen molar-refractivity contribution in [2.24, 2.45) is 17.6 Å². The maximum absolute atomic E-state index is 12.2. The second kappa shape index (κ2) is 5.93. The fourth-order valence-corrected chi connectivity index (χ4v) is 2.60. The van der Waals surface area contributed by atoms with Crippen LogP contribution in [0.25, 0.3) is 0 Å². The van der Waals surface area contributed by atoms with Crippen LogP contribution in [-0.4, -0.2) is 11.9 Å². The predicted octanol–water partition coefficient (Wildman–Crippen LogP) is 2.41. The van der Waals surface area contributed by atoms with Crippen molar-refractivity contribution in [1.29, 1.82) is 0 Å². The van der Waals surface area contributed by atoms with Gasteiger partial charge < -0.3 is 11.1 Å². The number of hydrogen-bond acceptors (Lipinski definition) is 2. The molecule has 2 saturated carbocycles. The van der Waals surface area contributed by atoms with E-state index in [4.69, 9.17) is 5.73 Å². The van der Waals surface area contributed by atoms with Gasteiger partial charge in [-0.3, -0.25) is 4.79 Å². The molecule has 4 heteroatoms. The van der Waals surface area contributed by atoms with Crippen molar-refractivity contribution < 1.29 is 4.79 Å². The molecule has 0 radical (unpaired) electrons. The lowest BCUT2D eigenvalue weighted by molar-refractivity contribution is -0.123. The Morgan fingerprint density at radius 1 is 1.11 bits per heavy atom. The second-order valence-corrected chi connectivity index (χ2v) is 5.60. The van der Waals surface area contributed by atoms with Gasteiger partial charge >= 0.3 is 0 Å². The summed E-state index contributed by atoms with van der Waals surface area (Å²) >= 11 is 0. The highest BCUT2D eigenvalue weighted by Gasteiger charge is 2.42. The molecule has 1 aromatic carbocycles. The zero-order chi connectivity index (χ0) is 12.5. The summed E-state index contributed by atoms with van der Waals surface area (Å²) < 4.78 is 0. The molecule has 1 aromatic rings. The largest absolute Gasteiger partial charge is 0.351 e. The van der Waals surface area contributed by atoms with Crippen LogP contribution < -0.4 is 11.1 Å². The average molecular weight is 281 g/mol. The first kappa shape index (κ1) is 14.4. The van der Waals surface area contributed by atoms with Gasteiger partial charge in [-0.15, -0.1) is 12.4 Å². The van der Waals surface area contributed by atoms with Gasteiger partial charge in [0, 0.05) is 6.04 Å². The van der Waals surface area contributed by atoms with Gasteiger partial charge in [0.15, 0.2) is 0 Å². The molecule has 2 aliphatic carbocycles. The van der Waals surface area contributed by atoms with Crippen LogP contribution in [0.5, 0.6) is 0 Å². The van der Waals surface area contributed by atoms with Gasteiger partial charge in [-0.25, -0.2) is 0 Å². The van der Waals surface area contributed by atoms with E-state index in [2.05, 4.69) is 5.32 Å². The quantitative estimate of drug-likeness (QED) is 0.870. The van der Waals surface area contributed by atoms with Crippen LogP contribution in [0.15, 0.2) is 30.3 Å². The SMILES string of the molecule is Cl.NC(C(=O)NC(C1CC1)C1CC1)c1ccccc1. The third-order valence-electron chi connectivity index (χ3n) is 4.01. The van der Waals surface area contributed by atoms with E-state index >= 15 is 0 Å². The number of nitrogens with two attached hydrogens (primary N) is 1. The minimum atomic E-state index is -0.536. The van der Waals surface area contributed by atoms with Crippen molar-refractivity contribution in [3.8, 4) is 0 Å². The molecule has 1 atom stereocenters. The molecule has 1 unspecified atom stereocenters. The molecule has 2 fully saturated rings. The van der Waals surface area contributed by atoms with Crippen molar-refractivity contribution in [2.45, 2.75) is 37.8 Å². The first-order valence-corrected chi connectivity index (χ1v) is 6.86. The highest BCUT2D eigenvalue weighted by Crippen LogP contribution is 2.44. The summed E-state index contributed by atoms with van der Waals surface area (Å²) in [4.78, 5) is 12.2. The van der Waals surface area contributed by atoms with E-state index in [0.29, 0.717) is 17.9 Å². The summed E-state index contributed by atoms with van der Waals surface area (Å²) in [5.41, 5.74) is 6.91. The Morgan fingerprint density at radius 3 is 2.11 bits per heavy atom. The highest BCUT2D eigenvalue weighted by molar-refractivity contribution is 5.85. The van der Waals surface area contributed by atoms with Gasteiger partial charge in [0.2, 0.25) is 5.91 Å². The Balaban J connectivity index is 0.00000133. The fraction of sp³-hybridized carbons (Fsp3) is 0.533. The van der Waals surface area contributed by atoms with Gasteiger partial charge in [-0.05, 0) is 43.1 Å². The third kappa shape index (κ3) is 3.48. The van der Waals surface area contributed by atoms with Crippen LogP contribution in [0, 0.1) is 11.8 Å². The number of nitrogens with one attached hydrogen (secondary N) is 1. The Morgan fingerprint density at radius 2 is 1.63 bits per heavy atom. The van der Waals surface area contributed by atoms with E-state index in [1.165, 1.54) is 25.7 Å². The minimum Gasteiger partial charge on any atom is -0.351 e. The smallest absolute Gasteiger partial charge is 0.241 e. The first-order chi connectivity index (χ1) is 8.75. The Hall–Kier alpha value is -1.06. The molecule has 2 aliphatic rings. The van der Waals surface area contributed by atoms with Crippen LogP contribution >= 0.6 is 12.4 Å². The third-order valence-corrected chi connectivity index (χ3v) is 4.01. The Bertz CT molecular complexity index is 417. The molecule has 104 valence electrons. The van der Waals surface area contributed by atoms with Gasteiger partial charge in [0.25, 0.3) is 0 Å². The number of carbonyl (C=O) groups excluding carboxylic acids is 1. The topological polar surface area (TPSA) is 55.1 Å². The van der Waals surface area contributed by atoms with Crippen molar-refractivity contribution in [2.75, 3.05) is 0 Å². The summed E-state index contributed by atoms with van der Waals surface area (Å²) in [5.74, 6) is 1.40. The zero-order valence-electron chi connectivity index (χ0n) is 10.9. The summed E-state index contributed by atoms with van der Waals surface area (Å²) in [5, 5.41) is 3.18. The van der Waals surface area contributed by atoms with E-state index in [-0.39, 0.29) is 18.3 Å². The minimum absolute atomic E-state index is 0. The number of rotatable bonds is 5. The number of amides is 1. The molecular formula is C15H21ClN2O. The van der Waals surface area contributed by atoms with Crippen molar-refractivity contribution in [1.82, 2.24) is 5.32 Å². The van der Waals surface area contributed by atoms with Gasteiger partial charge in [0.1, 0.15) is 6.04 Å². The molecule has 3 nitrogen and oxygen atoms in total. The maximum atomic E-state index is 12.2. The van der Waals surface area contributed by atoms with Crippen LogP contribution in [0.3, 0.4) is 0 Å². The summed E-state index contributed by atoms with van der Waals surface area (Å²) in [7, 11) is 0. The van der Waals surface area contributed by atoms with E-state index in [0.717, 1.165) is 5.56 Å². The van der Waals surface area contributed by atoms with Crippen LogP contribution in [-0.2, 0) is 4.79 Å². The average Bonchev–Trinajstić information content (AvgIpc) is 3.29.